The Balaban J connectivity index is 1.68. The molecule has 2 heterocycles. The van der Waals surface area contributed by atoms with E-state index in [-0.39, 0.29) is 12.2 Å². The van der Waals surface area contributed by atoms with Crippen molar-refractivity contribution in [1.29, 1.82) is 0 Å². The molecule has 2 aliphatic rings. The average Bonchev–Trinajstić information content (AvgIpc) is 3.03. The summed E-state index contributed by atoms with van der Waals surface area (Å²) in [4.78, 5) is 23.1. The van der Waals surface area contributed by atoms with Crippen LogP contribution in [0.2, 0.25) is 0 Å². The highest BCUT2D eigenvalue weighted by atomic mass is 16.6. The summed E-state index contributed by atoms with van der Waals surface area (Å²) in [5, 5.41) is 13.0. The van der Waals surface area contributed by atoms with E-state index < -0.39 is 5.60 Å². The van der Waals surface area contributed by atoms with Crippen LogP contribution in [0.15, 0.2) is 4.99 Å². The van der Waals surface area contributed by atoms with E-state index in [0.717, 1.165) is 58.1 Å². The second kappa shape index (κ2) is 10.1. The summed E-state index contributed by atoms with van der Waals surface area (Å²) < 4.78 is 5.44. The highest BCUT2D eigenvalue weighted by Crippen LogP contribution is 2.12. The van der Waals surface area contributed by atoms with Crippen LogP contribution in [0.25, 0.3) is 0 Å². The fourth-order valence-electron chi connectivity index (χ4n) is 3.32. The highest BCUT2D eigenvalue weighted by Gasteiger charge is 2.26. The lowest BCUT2D eigenvalue weighted by molar-refractivity contribution is 0.0145. The number of rotatable bonds is 5. The third kappa shape index (κ3) is 7.54. The molecular formula is C19H37N5O3. The molecule has 2 saturated heterocycles. The Bertz CT molecular complexity index is 498. The number of guanidine groups is 1. The van der Waals surface area contributed by atoms with Crippen molar-refractivity contribution in [3.05, 3.63) is 0 Å². The number of aliphatic imine (C=N–C) groups is 1. The first-order valence-electron chi connectivity index (χ1n) is 10.2. The maximum atomic E-state index is 12.1. The van der Waals surface area contributed by atoms with Crippen LogP contribution in [0, 0.1) is 0 Å². The zero-order valence-electron chi connectivity index (χ0n) is 17.4. The summed E-state index contributed by atoms with van der Waals surface area (Å²) >= 11 is 0. The Hall–Kier alpha value is -1.54. The van der Waals surface area contributed by atoms with Gasteiger partial charge in [-0.05, 0) is 40.5 Å². The lowest BCUT2D eigenvalue weighted by atomic mass is 10.2. The van der Waals surface area contributed by atoms with Crippen LogP contribution in [-0.4, -0.2) is 102 Å². The number of ether oxygens (including phenoxy) is 1. The number of aliphatic hydroxyl groups excluding tert-OH is 1. The Morgan fingerprint density at radius 1 is 1.19 bits per heavy atom. The van der Waals surface area contributed by atoms with E-state index in [4.69, 9.17) is 9.73 Å². The number of hydrogen-bond acceptors (Lipinski definition) is 5. The molecule has 0 saturated carbocycles. The van der Waals surface area contributed by atoms with Crippen molar-refractivity contribution in [2.24, 2.45) is 4.99 Å². The van der Waals surface area contributed by atoms with Crippen molar-refractivity contribution in [1.82, 2.24) is 20.0 Å². The first kappa shape index (κ1) is 21.8. The first-order chi connectivity index (χ1) is 12.8. The summed E-state index contributed by atoms with van der Waals surface area (Å²) in [5.41, 5.74) is -0.443. The number of nitrogens with zero attached hydrogens (tertiary/aromatic N) is 4. The van der Waals surface area contributed by atoms with Gasteiger partial charge in [-0.15, -0.1) is 0 Å². The maximum Gasteiger partial charge on any atom is 0.410 e. The van der Waals surface area contributed by atoms with Crippen LogP contribution in [0.5, 0.6) is 0 Å². The Morgan fingerprint density at radius 3 is 2.44 bits per heavy atom. The molecule has 2 N–H and O–H groups in total. The molecule has 156 valence electrons. The summed E-state index contributed by atoms with van der Waals surface area (Å²) in [6.07, 6.45) is 1.34. The van der Waals surface area contributed by atoms with Crippen LogP contribution >= 0.6 is 0 Å². The van der Waals surface area contributed by atoms with Gasteiger partial charge in [0.2, 0.25) is 0 Å². The van der Waals surface area contributed by atoms with Crippen molar-refractivity contribution in [2.75, 3.05) is 58.9 Å². The zero-order valence-corrected chi connectivity index (χ0v) is 17.4. The molecule has 0 spiro atoms. The van der Waals surface area contributed by atoms with Gasteiger partial charge in [-0.3, -0.25) is 9.89 Å². The van der Waals surface area contributed by atoms with Gasteiger partial charge < -0.3 is 25.0 Å². The summed E-state index contributed by atoms with van der Waals surface area (Å²) in [5.74, 6) is 0.906. The van der Waals surface area contributed by atoms with Gasteiger partial charge in [-0.1, -0.05) is 0 Å². The molecule has 2 aliphatic heterocycles. The molecule has 2 fully saturated rings. The van der Waals surface area contributed by atoms with Crippen LogP contribution < -0.4 is 5.32 Å². The topological polar surface area (TPSA) is 80.6 Å². The Kier molecular flexibility index (Phi) is 8.16. The van der Waals surface area contributed by atoms with Gasteiger partial charge in [0.1, 0.15) is 5.60 Å². The molecule has 2 rings (SSSR count). The van der Waals surface area contributed by atoms with Crippen LogP contribution in [-0.2, 0) is 4.74 Å². The number of nitrogens with one attached hydrogen (secondary N) is 1. The van der Waals surface area contributed by atoms with Gasteiger partial charge in [0, 0.05) is 58.9 Å². The predicted molar refractivity (Wildman–Crippen MR) is 107 cm³/mol. The second-order valence-electron chi connectivity index (χ2n) is 8.29. The van der Waals surface area contributed by atoms with Gasteiger partial charge in [0.15, 0.2) is 5.96 Å². The molecule has 0 radical (unpaired) electrons. The van der Waals surface area contributed by atoms with E-state index in [1.807, 2.05) is 20.8 Å². The highest BCUT2D eigenvalue weighted by molar-refractivity contribution is 5.80. The lowest BCUT2D eigenvalue weighted by Gasteiger charge is -2.35. The third-order valence-corrected chi connectivity index (χ3v) is 4.72. The Morgan fingerprint density at radius 2 is 1.89 bits per heavy atom. The molecule has 0 unspecified atom stereocenters. The number of carbonyl (C=O) groups excluding carboxylic acids is 1. The monoisotopic (exact) mass is 383 g/mol. The summed E-state index contributed by atoms with van der Waals surface area (Å²) in [7, 11) is 0. The molecule has 0 bridgehead atoms. The van der Waals surface area contributed by atoms with Crippen molar-refractivity contribution < 1.29 is 14.6 Å². The van der Waals surface area contributed by atoms with Gasteiger partial charge >= 0.3 is 6.09 Å². The van der Waals surface area contributed by atoms with E-state index >= 15 is 0 Å². The summed E-state index contributed by atoms with van der Waals surface area (Å²) in [6, 6.07) is 0. The molecule has 0 aromatic rings. The van der Waals surface area contributed by atoms with E-state index in [0.29, 0.717) is 19.6 Å². The van der Waals surface area contributed by atoms with Gasteiger partial charge in [0.25, 0.3) is 0 Å². The molecule has 1 amide bonds. The van der Waals surface area contributed by atoms with Gasteiger partial charge in [-0.2, -0.15) is 0 Å². The molecule has 8 heteroatoms. The van der Waals surface area contributed by atoms with Gasteiger partial charge in [0.05, 0.1) is 6.10 Å². The van der Waals surface area contributed by atoms with E-state index in [2.05, 4.69) is 22.0 Å². The number of amides is 1. The van der Waals surface area contributed by atoms with Crippen molar-refractivity contribution in [3.63, 3.8) is 0 Å². The van der Waals surface area contributed by atoms with E-state index in [1.165, 1.54) is 0 Å². The normalized spacial score (nSPS) is 22.3. The number of β-amino-alcohol motifs (C(OH)–C–C–N with tert-alkyl or cyclic N) is 1. The molecular weight excluding hydrogens is 346 g/mol. The predicted octanol–water partition coefficient (Wildman–Crippen LogP) is 0.961. The minimum atomic E-state index is -0.443. The van der Waals surface area contributed by atoms with Gasteiger partial charge in [-0.25, -0.2) is 4.79 Å². The standard InChI is InChI=1S/C19H37N5O3/c1-5-20-17(24-10-7-16(25)15-24)21-8-6-9-22-11-13-23(14-12-22)18(26)27-19(2,3)4/h16,25H,5-15H2,1-4H3,(H,20,21)/t16-/m1/s1. The number of aliphatic hydroxyl groups is 1. The third-order valence-electron chi connectivity index (χ3n) is 4.72. The molecule has 8 nitrogen and oxygen atoms in total. The maximum absolute atomic E-state index is 12.1. The molecule has 1 atom stereocenters. The summed E-state index contributed by atoms with van der Waals surface area (Å²) in [6.45, 7) is 15.0. The van der Waals surface area contributed by atoms with E-state index in [9.17, 15) is 9.90 Å². The SMILES string of the molecule is CCNC(=NCCCN1CCN(C(=O)OC(C)(C)C)CC1)N1CC[C@@H](O)C1. The van der Waals surface area contributed by atoms with Crippen LogP contribution in [0.3, 0.4) is 0 Å². The first-order valence-corrected chi connectivity index (χ1v) is 10.2. The fraction of sp³-hybridized carbons (Fsp3) is 0.895. The molecule has 0 aromatic carbocycles. The second-order valence-corrected chi connectivity index (χ2v) is 8.29. The minimum absolute atomic E-state index is 0.213. The van der Waals surface area contributed by atoms with Crippen molar-refractivity contribution in [2.45, 2.75) is 52.2 Å². The molecule has 0 aliphatic carbocycles. The number of piperazine rings is 1. The smallest absolute Gasteiger partial charge is 0.410 e. The largest absolute Gasteiger partial charge is 0.444 e. The number of carbonyl (C=O) groups is 1. The van der Waals surface area contributed by atoms with Crippen LogP contribution in [0.1, 0.15) is 40.5 Å². The van der Waals surface area contributed by atoms with Crippen molar-refractivity contribution >= 4 is 12.1 Å². The fourth-order valence-corrected chi connectivity index (χ4v) is 3.32. The average molecular weight is 384 g/mol. The number of likely N-dealkylation sites (tertiary alicyclic amines) is 1. The number of hydrogen-bond donors (Lipinski definition) is 2. The molecule has 27 heavy (non-hydrogen) atoms. The minimum Gasteiger partial charge on any atom is -0.444 e. The molecule has 0 aromatic heterocycles. The lowest BCUT2D eigenvalue weighted by Crippen LogP contribution is -2.50. The Labute approximate surface area is 163 Å². The van der Waals surface area contributed by atoms with E-state index in [1.54, 1.807) is 4.90 Å². The zero-order chi connectivity index (χ0) is 19.9. The van der Waals surface area contributed by atoms with Crippen LogP contribution in [0.4, 0.5) is 4.79 Å². The van der Waals surface area contributed by atoms with Crippen molar-refractivity contribution in [3.8, 4) is 0 Å². The quantitative estimate of drug-likeness (QED) is 0.418.